The van der Waals surface area contributed by atoms with Crippen LogP contribution in [0, 0.1) is 17.0 Å². The average molecular weight is 289 g/mol. The number of urea groups is 1. The lowest BCUT2D eigenvalue weighted by molar-refractivity contribution is -0.383. The number of nitro groups is 1. The topological polar surface area (TPSA) is 123 Å². The van der Waals surface area contributed by atoms with Crippen LogP contribution in [-0.2, 0) is 0 Å². The zero-order chi connectivity index (χ0) is 15.4. The number of nitro benzene ring substituents is 1. The lowest BCUT2D eigenvalue weighted by atomic mass is 10.1. The Morgan fingerprint density at radius 2 is 2.14 bits per heavy atom. The zero-order valence-corrected chi connectivity index (χ0v) is 11.4. The number of fused-ring (bicyclic) bond motifs is 1. The number of carbonyl (C=O) groups excluding carboxylic acids is 1. The first kappa shape index (κ1) is 14.5. The van der Waals surface area contributed by atoms with E-state index in [0.717, 1.165) is 16.8 Å². The molecule has 21 heavy (non-hydrogen) atoms. The lowest BCUT2D eigenvalue weighted by Gasteiger charge is -2.10. The number of hydrogen-bond acceptors (Lipinski definition) is 5. The van der Waals surface area contributed by atoms with Crippen molar-refractivity contribution < 1.29 is 9.72 Å². The van der Waals surface area contributed by atoms with Crippen molar-refractivity contribution in [2.75, 3.05) is 18.4 Å². The minimum absolute atomic E-state index is 0.0123. The van der Waals surface area contributed by atoms with E-state index >= 15 is 0 Å². The Kier molecular flexibility index (Phi) is 4.17. The predicted molar refractivity (Wildman–Crippen MR) is 79.2 cm³/mol. The van der Waals surface area contributed by atoms with Gasteiger partial charge in [-0.3, -0.25) is 15.1 Å². The molecule has 8 heteroatoms. The molecule has 110 valence electrons. The summed E-state index contributed by atoms with van der Waals surface area (Å²) in [7, 11) is 0. The summed E-state index contributed by atoms with van der Waals surface area (Å²) in [4.78, 5) is 25.3. The maximum atomic E-state index is 11.0. The summed E-state index contributed by atoms with van der Waals surface area (Å²) in [6.45, 7) is 2.63. The van der Waals surface area contributed by atoms with Crippen LogP contribution in [0.2, 0.25) is 0 Å². The molecular weight excluding hydrogens is 274 g/mol. The number of hydrogen-bond donors (Lipinski definition) is 3. The van der Waals surface area contributed by atoms with Gasteiger partial charge >= 0.3 is 6.03 Å². The Morgan fingerprint density at radius 1 is 1.38 bits per heavy atom. The molecule has 8 nitrogen and oxygen atoms in total. The second-order valence-electron chi connectivity index (χ2n) is 4.48. The average Bonchev–Trinajstić information content (AvgIpc) is 2.42. The molecule has 1 aromatic heterocycles. The number of aromatic nitrogens is 1. The fraction of sp³-hybridized carbons (Fsp3) is 0.231. The molecule has 2 rings (SSSR count). The monoisotopic (exact) mass is 289 g/mol. The van der Waals surface area contributed by atoms with Crippen LogP contribution in [0.5, 0.6) is 0 Å². The van der Waals surface area contributed by atoms with Crippen LogP contribution in [0.3, 0.4) is 0 Å². The van der Waals surface area contributed by atoms with Crippen molar-refractivity contribution >= 4 is 28.2 Å². The summed E-state index contributed by atoms with van der Waals surface area (Å²) in [5, 5.41) is 17.8. The second-order valence-corrected chi connectivity index (χ2v) is 4.48. The molecule has 4 N–H and O–H groups in total. The van der Waals surface area contributed by atoms with Gasteiger partial charge in [0, 0.05) is 42.1 Å². The third kappa shape index (κ3) is 3.35. The summed E-state index contributed by atoms with van der Waals surface area (Å²) in [6.07, 6.45) is 1.50. The first-order chi connectivity index (χ1) is 9.99. The van der Waals surface area contributed by atoms with E-state index in [1.165, 1.54) is 12.3 Å². The van der Waals surface area contributed by atoms with Gasteiger partial charge in [0.1, 0.15) is 0 Å². The molecule has 0 atom stereocenters. The highest BCUT2D eigenvalue weighted by molar-refractivity contribution is 5.99. The van der Waals surface area contributed by atoms with Crippen molar-refractivity contribution in [1.82, 2.24) is 10.3 Å². The van der Waals surface area contributed by atoms with E-state index in [4.69, 9.17) is 5.73 Å². The van der Waals surface area contributed by atoms with Crippen LogP contribution in [0.1, 0.15) is 5.69 Å². The van der Waals surface area contributed by atoms with Crippen LogP contribution < -0.4 is 16.4 Å². The van der Waals surface area contributed by atoms with E-state index in [0.29, 0.717) is 18.5 Å². The number of rotatable bonds is 5. The molecule has 1 heterocycles. The maximum Gasteiger partial charge on any atom is 0.312 e. The zero-order valence-electron chi connectivity index (χ0n) is 11.4. The molecule has 2 aromatic rings. The molecule has 0 saturated heterocycles. The van der Waals surface area contributed by atoms with Gasteiger partial charge in [0.05, 0.1) is 10.3 Å². The van der Waals surface area contributed by atoms with E-state index in [2.05, 4.69) is 15.6 Å². The number of carbonyl (C=O) groups is 1. The van der Waals surface area contributed by atoms with E-state index in [1.54, 1.807) is 12.1 Å². The summed E-state index contributed by atoms with van der Waals surface area (Å²) in [5.74, 6) is 0. The minimum atomic E-state index is -0.592. The number of anilines is 1. The van der Waals surface area contributed by atoms with Crippen LogP contribution in [0.4, 0.5) is 16.2 Å². The second kappa shape index (κ2) is 6.04. The SMILES string of the molecule is Cc1cc2c(NCCNC(N)=O)ccc([N+](=O)[O-])c2cn1. The van der Waals surface area contributed by atoms with Gasteiger partial charge in [0.2, 0.25) is 0 Å². The summed E-state index contributed by atoms with van der Waals surface area (Å²) in [5.41, 5.74) is 6.49. The highest BCUT2D eigenvalue weighted by Gasteiger charge is 2.14. The standard InChI is InChI=1S/C13H15N5O3/c1-8-6-9-10(7-17-8)12(18(20)21)3-2-11(9)15-4-5-16-13(14)19/h2-3,6-7,15H,4-5H2,1H3,(H3,14,16,19). The fourth-order valence-electron chi connectivity index (χ4n) is 2.02. The van der Waals surface area contributed by atoms with Crippen molar-refractivity contribution in [2.24, 2.45) is 5.73 Å². The summed E-state index contributed by atoms with van der Waals surface area (Å²) < 4.78 is 0. The van der Waals surface area contributed by atoms with Gasteiger partial charge in [-0.1, -0.05) is 0 Å². The lowest BCUT2D eigenvalue weighted by Crippen LogP contribution is -2.33. The third-order valence-electron chi connectivity index (χ3n) is 2.95. The van der Waals surface area contributed by atoms with Crippen LogP contribution in [0.25, 0.3) is 10.8 Å². The Balaban J connectivity index is 2.31. The van der Waals surface area contributed by atoms with Crippen molar-refractivity contribution in [3.05, 3.63) is 40.2 Å². The van der Waals surface area contributed by atoms with E-state index in [-0.39, 0.29) is 5.69 Å². The number of nitrogens with zero attached hydrogens (tertiary/aromatic N) is 2. The Hall–Kier alpha value is -2.90. The third-order valence-corrected chi connectivity index (χ3v) is 2.95. The van der Waals surface area contributed by atoms with Gasteiger partial charge in [0.25, 0.3) is 5.69 Å². The van der Waals surface area contributed by atoms with Crippen molar-refractivity contribution in [2.45, 2.75) is 6.92 Å². The Bertz CT molecular complexity index is 702. The maximum absolute atomic E-state index is 11.0. The Labute approximate surface area is 120 Å². The number of aryl methyl sites for hydroxylation is 1. The van der Waals surface area contributed by atoms with E-state index in [9.17, 15) is 14.9 Å². The van der Waals surface area contributed by atoms with Crippen molar-refractivity contribution in [3.63, 3.8) is 0 Å². The molecule has 0 aliphatic heterocycles. The van der Waals surface area contributed by atoms with Gasteiger partial charge in [0.15, 0.2) is 0 Å². The van der Waals surface area contributed by atoms with Gasteiger partial charge in [-0.05, 0) is 19.1 Å². The molecule has 0 unspecified atom stereocenters. The number of pyridine rings is 1. The molecule has 0 radical (unpaired) electrons. The number of non-ortho nitro benzene ring substituents is 1. The quantitative estimate of drug-likeness (QED) is 0.437. The molecule has 2 amide bonds. The van der Waals surface area contributed by atoms with Crippen molar-refractivity contribution in [3.8, 4) is 0 Å². The van der Waals surface area contributed by atoms with Gasteiger partial charge in [-0.25, -0.2) is 4.79 Å². The predicted octanol–water partition coefficient (Wildman–Crippen LogP) is 1.53. The molecule has 0 bridgehead atoms. The fourth-order valence-corrected chi connectivity index (χ4v) is 2.02. The first-order valence-electron chi connectivity index (χ1n) is 6.30. The molecule has 0 saturated carbocycles. The minimum Gasteiger partial charge on any atom is -0.383 e. The number of nitrogens with one attached hydrogen (secondary N) is 2. The van der Waals surface area contributed by atoms with Gasteiger partial charge < -0.3 is 16.4 Å². The van der Waals surface area contributed by atoms with E-state index in [1.807, 2.05) is 6.92 Å². The number of benzene rings is 1. The molecule has 0 spiro atoms. The largest absolute Gasteiger partial charge is 0.383 e. The van der Waals surface area contributed by atoms with Crippen LogP contribution in [0.15, 0.2) is 24.4 Å². The smallest absolute Gasteiger partial charge is 0.312 e. The van der Waals surface area contributed by atoms with Crippen LogP contribution >= 0.6 is 0 Å². The molecule has 1 aromatic carbocycles. The highest BCUT2D eigenvalue weighted by atomic mass is 16.6. The van der Waals surface area contributed by atoms with Gasteiger partial charge in [-0.15, -0.1) is 0 Å². The van der Waals surface area contributed by atoms with Crippen LogP contribution in [-0.4, -0.2) is 29.0 Å². The first-order valence-corrected chi connectivity index (χ1v) is 6.30. The number of nitrogens with two attached hydrogens (primary N) is 1. The van der Waals surface area contributed by atoms with Crippen molar-refractivity contribution in [1.29, 1.82) is 0 Å². The molecule has 0 fully saturated rings. The molecule has 0 aliphatic rings. The Morgan fingerprint density at radius 3 is 2.81 bits per heavy atom. The summed E-state index contributed by atoms with van der Waals surface area (Å²) >= 11 is 0. The normalized spacial score (nSPS) is 10.3. The molecule has 0 aliphatic carbocycles. The van der Waals surface area contributed by atoms with Gasteiger partial charge in [-0.2, -0.15) is 0 Å². The molecular formula is C13H15N5O3. The van der Waals surface area contributed by atoms with E-state index < -0.39 is 11.0 Å². The summed E-state index contributed by atoms with van der Waals surface area (Å²) in [6, 6.07) is 4.27. The highest BCUT2D eigenvalue weighted by Crippen LogP contribution is 2.31. The number of amides is 2. The number of primary amides is 1.